The largest absolute Gasteiger partial charge is 0.389 e. The van der Waals surface area contributed by atoms with Crippen molar-refractivity contribution in [3.05, 3.63) is 0 Å². The molecule has 1 unspecified atom stereocenters. The summed E-state index contributed by atoms with van der Waals surface area (Å²) in [7, 11) is 0. The quantitative estimate of drug-likeness (QED) is 0.622. The summed E-state index contributed by atoms with van der Waals surface area (Å²) in [6.45, 7) is 5.37. The van der Waals surface area contributed by atoms with Gasteiger partial charge in [-0.1, -0.05) is 6.92 Å². The van der Waals surface area contributed by atoms with Crippen LogP contribution in [0.25, 0.3) is 0 Å². The molecule has 2 nitrogen and oxygen atoms in total. The maximum Gasteiger partial charge on any atom is 0.136 e. The van der Waals surface area contributed by atoms with Crippen molar-refractivity contribution in [2.24, 2.45) is 11.8 Å². The molecule has 1 saturated carbocycles. The van der Waals surface area contributed by atoms with Crippen LogP contribution in [0, 0.1) is 11.8 Å². The van der Waals surface area contributed by atoms with Gasteiger partial charge in [0, 0.05) is 5.92 Å². The molecule has 1 rings (SSSR count). The van der Waals surface area contributed by atoms with Crippen LogP contribution in [0.15, 0.2) is 0 Å². The van der Waals surface area contributed by atoms with Gasteiger partial charge in [0.2, 0.25) is 0 Å². The Balaban J connectivity index is 2.80. The third-order valence-electron chi connectivity index (χ3n) is 2.78. The first-order chi connectivity index (χ1) is 4.95. The lowest BCUT2D eigenvalue weighted by molar-refractivity contribution is -0.128. The molecule has 0 heterocycles. The van der Waals surface area contributed by atoms with E-state index in [0.29, 0.717) is 5.92 Å². The fourth-order valence-electron chi connectivity index (χ4n) is 2.29. The first-order valence-electron chi connectivity index (χ1n) is 4.18. The Bertz CT molecular complexity index is 172. The van der Waals surface area contributed by atoms with Crippen LogP contribution in [0.1, 0.15) is 33.6 Å². The topological polar surface area (TPSA) is 37.3 Å². The van der Waals surface area contributed by atoms with E-state index in [1.54, 1.807) is 13.8 Å². The van der Waals surface area contributed by atoms with Crippen molar-refractivity contribution in [3.63, 3.8) is 0 Å². The van der Waals surface area contributed by atoms with Crippen molar-refractivity contribution in [2.75, 3.05) is 0 Å². The molecule has 0 bridgehead atoms. The third kappa shape index (κ3) is 1.45. The fourth-order valence-corrected chi connectivity index (χ4v) is 2.29. The van der Waals surface area contributed by atoms with Gasteiger partial charge < -0.3 is 5.11 Å². The lowest BCUT2D eigenvalue weighted by atomic mass is 9.85. The molecule has 11 heavy (non-hydrogen) atoms. The summed E-state index contributed by atoms with van der Waals surface area (Å²) in [5, 5.41) is 9.77. The van der Waals surface area contributed by atoms with Gasteiger partial charge >= 0.3 is 0 Å². The van der Waals surface area contributed by atoms with Crippen LogP contribution >= 0.6 is 0 Å². The summed E-state index contributed by atoms with van der Waals surface area (Å²) in [6, 6.07) is 0. The first-order valence-corrected chi connectivity index (χ1v) is 4.18. The SMILES string of the molecule is CC(=O)[C@H]1[C@H](C)CCC1(C)O. The second kappa shape index (κ2) is 2.59. The van der Waals surface area contributed by atoms with Crippen molar-refractivity contribution >= 4 is 5.78 Å². The molecule has 0 aliphatic heterocycles. The molecule has 0 aromatic heterocycles. The fraction of sp³-hybridized carbons (Fsp3) is 0.889. The number of hydrogen-bond donors (Lipinski definition) is 1. The number of carbonyl (C=O) groups excluding carboxylic acids is 1. The highest BCUT2D eigenvalue weighted by Gasteiger charge is 2.44. The standard InChI is InChI=1S/C9H16O2/c1-6-4-5-9(3,11)8(6)7(2)10/h6,8,11H,4-5H2,1-3H3/t6-,8-,9?/m1/s1. The summed E-state index contributed by atoms with van der Waals surface area (Å²) in [6.07, 6.45) is 1.73. The minimum atomic E-state index is -0.745. The van der Waals surface area contributed by atoms with Gasteiger partial charge in [0.1, 0.15) is 5.78 Å². The van der Waals surface area contributed by atoms with Gasteiger partial charge in [-0.25, -0.2) is 0 Å². The minimum Gasteiger partial charge on any atom is -0.389 e. The molecule has 1 fully saturated rings. The Labute approximate surface area is 67.6 Å². The average Bonchev–Trinajstić information content (AvgIpc) is 2.06. The van der Waals surface area contributed by atoms with Gasteiger partial charge in [-0.05, 0) is 32.6 Å². The van der Waals surface area contributed by atoms with E-state index in [1.165, 1.54) is 0 Å². The molecule has 64 valence electrons. The molecule has 1 aliphatic rings. The molecule has 1 aliphatic carbocycles. The summed E-state index contributed by atoms with van der Waals surface area (Å²) in [4.78, 5) is 11.1. The van der Waals surface area contributed by atoms with Crippen LogP contribution in [0.3, 0.4) is 0 Å². The number of Topliss-reactive ketones (excluding diaryl/α,β-unsaturated/α-hetero) is 1. The molecule has 1 N–H and O–H groups in total. The monoisotopic (exact) mass is 156 g/mol. The van der Waals surface area contributed by atoms with Crippen molar-refractivity contribution < 1.29 is 9.90 Å². The molecule has 2 heteroatoms. The number of ketones is 1. The van der Waals surface area contributed by atoms with Crippen LogP contribution in [-0.2, 0) is 4.79 Å². The smallest absolute Gasteiger partial charge is 0.136 e. The summed E-state index contributed by atoms with van der Waals surface area (Å²) in [5.74, 6) is 0.338. The van der Waals surface area contributed by atoms with Crippen molar-refractivity contribution in [3.8, 4) is 0 Å². The second-order valence-electron chi connectivity index (χ2n) is 3.96. The third-order valence-corrected chi connectivity index (χ3v) is 2.78. The Morgan fingerprint density at radius 3 is 2.36 bits per heavy atom. The second-order valence-corrected chi connectivity index (χ2v) is 3.96. The predicted molar refractivity (Wildman–Crippen MR) is 43.2 cm³/mol. The van der Waals surface area contributed by atoms with Crippen molar-refractivity contribution in [2.45, 2.75) is 39.2 Å². The zero-order valence-electron chi connectivity index (χ0n) is 7.42. The van der Waals surface area contributed by atoms with E-state index in [1.807, 2.05) is 6.92 Å². The molecular formula is C9H16O2. The van der Waals surface area contributed by atoms with E-state index in [2.05, 4.69) is 0 Å². The molecular weight excluding hydrogens is 140 g/mol. The molecule has 0 aromatic rings. The zero-order chi connectivity index (χ0) is 8.65. The van der Waals surface area contributed by atoms with Crippen molar-refractivity contribution in [1.29, 1.82) is 0 Å². The van der Waals surface area contributed by atoms with E-state index in [0.717, 1.165) is 12.8 Å². The van der Waals surface area contributed by atoms with Gasteiger partial charge in [-0.2, -0.15) is 0 Å². The average molecular weight is 156 g/mol. The highest BCUT2D eigenvalue weighted by atomic mass is 16.3. The number of hydrogen-bond acceptors (Lipinski definition) is 2. The summed E-state index contributed by atoms with van der Waals surface area (Å²) < 4.78 is 0. The minimum absolute atomic E-state index is 0.125. The molecule has 0 saturated heterocycles. The molecule has 3 atom stereocenters. The van der Waals surface area contributed by atoms with Crippen LogP contribution in [0.4, 0.5) is 0 Å². The molecule has 0 radical (unpaired) electrons. The normalized spacial score (nSPS) is 44.4. The van der Waals surface area contributed by atoms with E-state index in [-0.39, 0.29) is 11.7 Å². The zero-order valence-corrected chi connectivity index (χ0v) is 7.42. The molecule has 0 amide bonds. The highest BCUT2D eigenvalue weighted by molar-refractivity contribution is 5.80. The summed E-state index contributed by atoms with van der Waals surface area (Å²) in [5.41, 5.74) is -0.745. The maximum absolute atomic E-state index is 11.1. The van der Waals surface area contributed by atoms with Gasteiger partial charge in [-0.15, -0.1) is 0 Å². The van der Waals surface area contributed by atoms with E-state index < -0.39 is 5.60 Å². The molecule has 0 spiro atoms. The number of aliphatic hydroxyl groups is 1. The Morgan fingerprint density at radius 2 is 2.18 bits per heavy atom. The van der Waals surface area contributed by atoms with E-state index in [4.69, 9.17) is 0 Å². The highest BCUT2D eigenvalue weighted by Crippen LogP contribution is 2.40. The lowest BCUT2D eigenvalue weighted by Gasteiger charge is -2.25. The van der Waals surface area contributed by atoms with Gasteiger partial charge in [0.25, 0.3) is 0 Å². The maximum atomic E-state index is 11.1. The predicted octanol–water partition coefficient (Wildman–Crippen LogP) is 1.37. The first kappa shape index (κ1) is 8.72. The van der Waals surface area contributed by atoms with Gasteiger partial charge in [-0.3, -0.25) is 4.79 Å². The van der Waals surface area contributed by atoms with E-state index in [9.17, 15) is 9.90 Å². The van der Waals surface area contributed by atoms with Gasteiger partial charge in [0.05, 0.1) is 5.60 Å². The number of carbonyl (C=O) groups is 1. The van der Waals surface area contributed by atoms with Crippen LogP contribution < -0.4 is 0 Å². The van der Waals surface area contributed by atoms with Crippen LogP contribution in [-0.4, -0.2) is 16.5 Å². The Morgan fingerprint density at radius 1 is 1.64 bits per heavy atom. The van der Waals surface area contributed by atoms with Gasteiger partial charge in [0.15, 0.2) is 0 Å². The molecule has 0 aromatic carbocycles. The Hall–Kier alpha value is -0.370. The van der Waals surface area contributed by atoms with E-state index >= 15 is 0 Å². The van der Waals surface area contributed by atoms with Crippen LogP contribution in [0.5, 0.6) is 0 Å². The number of rotatable bonds is 1. The summed E-state index contributed by atoms with van der Waals surface area (Å²) >= 11 is 0. The lowest BCUT2D eigenvalue weighted by Crippen LogP contribution is -2.35. The Kier molecular flexibility index (Phi) is 2.06. The van der Waals surface area contributed by atoms with Crippen molar-refractivity contribution in [1.82, 2.24) is 0 Å². The van der Waals surface area contributed by atoms with Crippen LogP contribution in [0.2, 0.25) is 0 Å².